The molecule has 31 heavy (non-hydrogen) atoms. The number of para-hydroxylation sites is 1. The van der Waals surface area contributed by atoms with Gasteiger partial charge in [0, 0.05) is 30.4 Å². The minimum absolute atomic E-state index is 0.00878. The maximum atomic E-state index is 13.0. The predicted molar refractivity (Wildman–Crippen MR) is 120 cm³/mol. The van der Waals surface area contributed by atoms with E-state index in [2.05, 4.69) is 40.3 Å². The summed E-state index contributed by atoms with van der Waals surface area (Å²) in [6.07, 6.45) is 8.63. The predicted octanol–water partition coefficient (Wildman–Crippen LogP) is 4.64. The zero-order chi connectivity index (χ0) is 21.6. The highest BCUT2D eigenvalue weighted by Crippen LogP contribution is 2.23. The van der Waals surface area contributed by atoms with Crippen LogP contribution in [0.3, 0.4) is 0 Å². The molecule has 7 heteroatoms. The lowest BCUT2D eigenvalue weighted by atomic mass is 10.0. The molecule has 3 aromatic rings. The Morgan fingerprint density at radius 2 is 2.00 bits per heavy atom. The standard InChI is InChI=1S/C24H29N5O2/c1-18(2)29-17-19(14-26-29)16-28-13-7-6-10-22(28)24(30)27-20-11-12-23(25-15-20)31-21-8-4-3-5-9-21/h3-5,8-9,11-12,14-15,17-18,22H,6-7,10,13,16H2,1-2H3,(H,27,30). The van der Waals surface area contributed by atoms with Gasteiger partial charge in [-0.15, -0.1) is 0 Å². The van der Waals surface area contributed by atoms with Crippen LogP contribution in [0.1, 0.15) is 44.7 Å². The van der Waals surface area contributed by atoms with Crippen molar-refractivity contribution in [3.05, 3.63) is 66.6 Å². The molecule has 0 bridgehead atoms. The third-order valence-electron chi connectivity index (χ3n) is 5.46. The van der Waals surface area contributed by atoms with Crippen molar-refractivity contribution >= 4 is 11.6 Å². The van der Waals surface area contributed by atoms with E-state index in [0.29, 0.717) is 17.6 Å². The Labute approximate surface area is 183 Å². The summed E-state index contributed by atoms with van der Waals surface area (Å²) in [7, 11) is 0. The number of pyridine rings is 1. The summed E-state index contributed by atoms with van der Waals surface area (Å²) in [5.41, 5.74) is 1.81. The Bertz CT molecular complexity index is 985. The van der Waals surface area contributed by atoms with Gasteiger partial charge in [-0.3, -0.25) is 14.4 Å². The molecular formula is C24H29N5O2. The zero-order valence-electron chi connectivity index (χ0n) is 18.1. The highest BCUT2D eigenvalue weighted by molar-refractivity contribution is 5.94. The van der Waals surface area contributed by atoms with Crippen molar-refractivity contribution in [2.24, 2.45) is 0 Å². The van der Waals surface area contributed by atoms with Gasteiger partial charge < -0.3 is 10.1 Å². The van der Waals surface area contributed by atoms with Gasteiger partial charge in [0.15, 0.2) is 0 Å². The van der Waals surface area contributed by atoms with E-state index in [-0.39, 0.29) is 11.9 Å². The monoisotopic (exact) mass is 419 g/mol. The molecule has 1 amide bonds. The number of nitrogens with zero attached hydrogens (tertiary/aromatic N) is 4. The van der Waals surface area contributed by atoms with Crippen LogP contribution in [-0.2, 0) is 11.3 Å². The number of amides is 1. The maximum absolute atomic E-state index is 13.0. The van der Waals surface area contributed by atoms with Gasteiger partial charge in [0.1, 0.15) is 5.75 Å². The number of hydrogen-bond donors (Lipinski definition) is 1. The topological polar surface area (TPSA) is 72.3 Å². The largest absolute Gasteiger partial charge is 0.439 e. The van der Waals surface area contributed by atoms with Gasteiger partial charge in [0.2, 0.25) is 11.8 Å². The van der Waals surface area contributed by atoms with Crippen molar-refractivity contribution in [1.82, 2.24) is 19.7 Å². The normalized spacial score (nSPS) is 16.9. The van der Waals surface area contributed by atoms with Crippen LogP contribution < -0.4 is 10.1 Å². The molecule has 7 nitrogen and oxygen atoms in total. The van der Waals surface area contributed by atoms with Crippen molar-refractivity contribution < 1.29 is 9.53 Å². The van der Waals surface area contributed by atoms with Crippen molar-refractivity contribution in [3.8, 4) is 11.6 Å². The Morgan fingerprint density at radius 1 is 1.16 bits per heavy atom. The molecule has 0 aliphatic carbocycles. The maximum Gasteiger partial charge on any atom is 0.241 e. The molecule has 2 aromatic heterocycles. The first kappa shape index (κ1) is 21.1. The van der Waals surface area contributed by atoms with Crippen LogP contribution in [0.4, 0.5) is 5.69 Å². The summed E-state index contributed by atoms with van der Waals surface area (Å²) in [5, 5.41) is 7.45. The van der Waals surface area contributed by atoms with E-state index in [1.807, 2.05) is 47.3 Å². The average molecular weight is 420 g/mol. The number of ether oxygens (including phenoxy) is 1. The Kier molecular flexibility index (Phi) is 6.62. The molecule has 1 atom stereocenters. The molecule has 1 saturated heterocycles. The Balaban J connectivity index is 1.37. The number of hydrogen-bond acceptors (Lipinski definition) is 5. The lowest BCUT2D eigenvalue weighted by Gasteiger charge is -2.34. The van der Waals surface area contributed by atoms with E-state index in [1.54, 1.807) is 12.3 Å². The average Bonchev–Trinajstić information content (AvgIpc) is 3.25. The molecule has 4 rings (SSSR count). The summed E-state index contributed by atoms with van der Waals surface area (Å²) >= 11 is 0. The highest BCUT2D eigenvalue weighted by Gasteiger charge is 2.29. The Morgan fingerprint density at radius 3 is 2.71 bits per heavy atom. The van der Waals surface area contributed by atoms with Crippen molar-refractivity contribution in [1.29, 1.82) is 0 Å². The SMILES string of the molecule is CC(C)n1cc(CN2CCCCC2C(=O)Nc2ccc(Oc3ccccc3)nc2)cn1. The van der Waals surface area contributed by atoms with Crippen molar-refractivity contribution in [2.75, 3.05) is 11.9 Å². The highest BCUT2D eigenvalue weighted by atomic mass is 16.5. The van der Waals surface area contributed by atoms with E-state index in [0.717, 1.165) is 43.7 Å². The molecule has 1 aromatic carbocycles. The first-order valence-electron chi connectivity index (χ1n) is 10.9. The summed E-state index contributed by atoms with van der Waals surface area (Å²) in [6, 6.07) is 13.3. The van der Waals surface area contributed by atoms with Crippen LogP contribution >= 0.6 is 0 Å². The van der Waals surface area contributed by atoms with Crippen LogP contribution in [0.15, 0.2) is 61.1 Å². The zero-order valence-corrected chi connectivity index (χ0v) is 18.1. The summed E-state index contributed by atoms with van der Waals surface area (Å²) in [4.78, 5) is 19.6. The fourth-order valence-electron chi connectivity index (χ4n) is 3.80. The number of carbonyl (C=O) groups is 1. The van der Waals surface area contributed by atoms with Gasteiger partial charge in [-0.2, -0.15) is 5.10 Å². The van der Waals surface area contributed by atoms with E-state index < -0.39 is 0 Å². The van der Waals surface area contributed by atoms with Crippen LogP contribution in [0.5, 0.6) is 11.6 Å². The second-order valence-corrected chi connectivity index (χ2v) is 8.19. The van der Waals surface area contributed by atoms with Gasteiger partial charge >= 0.3 is 0 Å². The fourth-order valence-corrected chi connectivity index (χ4v) is 3.80. The van der Waals surface area contributed by atoms with Crippen LogP contribution in [-0.4, -0.2) is 38.2 Å². The minimum Gasteiger partial charge on any atom is -0.439 e. The number of anilines is 1. The number of likely N-dealkylation sites (tertiary alicyclic amines) is 1. The van der Waals surface area contributed by atoms with Crippen LogP contribution in [0.2, 0.25) is 0 Å². The molecule has 0 spiro atoms. The number of benzene rings is 1. The quantitative estimate of drug-likeness (QED) is 0.604. The van der Waals surface area contributed by atoms with E-state index in [1.165, 1.54) is 0 Å². The summed E-state index contributed by atoms with van der Waals surface area (Å²) in [5.74, 6) is 1.23. The first-order valence-corrected chi connectivity index (χ1v) is 10.9. The smallest absolute Gasteiger partial charge is 0.241 e. The third kappa shape index (κ3) is 5.49. The van der Waals surface area contributed by atoms with Crippen molar-refractivity contribution in [2.45, 2.75) is 51.7 Å². The van der Waals surface area contributed by atoms with Gasteiger partial charge in [-0.25, -0.2) is 4.98 Å². The first-order chi connectivity index (χ1) is 15.1. The number of nitrogens with one attached hydrogen (secondary N) is 1. The molecule has 0 radical (unpaired) electrons. The second-order valence-electron chi connectivity index (χ2n) is 8.19. The fraction of sp³-hybridized carbons (Fsp3) is 0.375. The minimum atomic E-state index is -0.156. The van der Waals surface area contributed by atoms with Gasteiger partial charge in [0.25, 0.3) is 0 Å². The molecule has 3 heterocycles. The van der Waals surface area contributed by atoms with E-state index >= 15 is 0 Å². The lowest BCUT2D eigenvalue weighted by Crippen LogP contribution is -2.46. The molecular weight excluding hydrogens is 390 g/mol. The summed E-state index contributed by atoms with van der Waals surface area (Å²) in [6.45, 7) is 5.86. The summed E-state index contributed by atoms with van der Waals surface area (Å²) < 4.78 is 7.67. The van der Waals surface area contributed by atoms with E-state index in [4.69, 9.17) is 4.74 Å². The Hall–Kier alpha value is -3.19. The molecule has 1 unspecified atom stereocenters. The number of aromatic nitrogens is 3. The number of carbonyl (C=O) groups excluding carboxylic acids is 1. The van der Waals surface area contributed by atoms with Gasteiger partial charge in [-0.05, 0) is 51.4 Å². The lowest BCUT2D eigenvalue weighted by molar-refractivity contribution is -0.122. The molecule has 1 N–H and O–H groups in total. The van der Waals surface area contributed by atoms with E-state index in [9.17, 15) is 4.79 Å². The second kappa shape index (κ2) is 9.75. The number of piperidine rings is 1. The number of rotatable bonds is 7. The van der Waals surface area contributed by atoms with Gasteiger partial charge in [-0.1, -0.05) is 24.6 Å². The van der Waals surface area contributed by atoms with Crippen LogP contribution in [0.25, 0.3) is 0 Å². The van der Waals surface area contributed by atoms with Crippen molar-refractivity contribution in [3.63, 3.8) is 0 Å². The molecule has 162 valence electrons. The molecule has 0 saturated carbocycles. The molecule has 1 aliphatic rings. The van der Waals surface area contributed by atoms with Crippen LogP contribution in [0, 0.1) is 0 Å². The third-order valence-corrected chi connectivity index (χ3v) is 5.46. The van der Waals surface area contributed by atoms with Gasteiger partial charge in [0.05, 0.1) is 24.1 Å². The molecule has 1 aliphatic heterocycles. The molecule has 1 fully saturated rings.